The van der Waals surface area contributed by atoms with Crippen LogP contribution in [0, 0.1) is 0 Å². The van der Waals surface area contributed by atoms with Crippen molar-refractivity contribution in [1.29, 1.82) is 0 Å². The minimum atomic E-state index is -0.582. The van der Waals surface area contributed by atoms with Crippen LogP contribution in [0.15, 0.2) is 10.7 Å². The standard InChI is InChI=1S/C5H7BrN2OS/c6-3-2-8-10-5(3)4(9)1-7/h2,4,9H,1,7H2. The van der Waals surface area contributed by atoms with Gasteiger partial charge in [-0.25, -0.2) is 0 Å². The molecule has 1 atom stereocenters. The van der Waals surface area contributed by atoms with Crippen LogP contribution in [0.25, 0.3) is 0 Å². The molecule has 5 heteroatoms. The summed E-state index contributed by atoms with van der Waals surface area (Å²) in [4.78, 5) is 0.794. The molecule has 0 bridgehead atoms. The quantitative estimate of drug-likeness (QED) is 0.782. The van der Waals surface area contributed by atoms with Crippen molar-refractivity contribution in [3.8, 4) is 0 Å². The average Bonchev–Trinajstić information content (AvgIpc) is 2.34. The van der Waals surface area contributed by atoms with Crippen molar-refractivity contribution < 1.29 is 5.11 Å². The lowest BCUT2D eigenvalue weighted by Crippen LogP contribution is -2.10. The Bertz CT molecular complexity index is 215. The van der Waals surface area contributed by atoms with E-state index in [-0.39, 0.29) is 6.54 Å². The summed E-state index contributed by atoms with van der Waals surface area (Å²) in [6, 6.07) is 0. The molecule has 0 spiro atoms. The van der Waals surface area contributed by atoms with Crippen LogP contribution < -0.4 is 5.73 Å². The molecule has 0 aliphatic carbocycles. The summed E-state index contributed by atoms with van der Waals surface area (Å²) in [6.45, 7) is 0.237. The first kappa shape index (κ1) is 8.13. The summed E-state index contributed by atoms with van der Waals surface area (Å²) in [5.74, 6) is 0. The van der Waals surface area contributed by atoms with E-state index in [2.05, 4.69) is 20.3 Å². The first-order chi connectivity index (χ1) is 4.75. The van der Waals surface area contributed by atoms with Gasteiger partial charge in [0.15, 0.2) is 0 Å². The summed E-state index contributed by atoms with van der Waals surface area (Å²) in [6.07, 6.45) is 1.07. The monoisotopic (exact) mass is 222 g/mol. The fourth-order valence-electron chi connectivity index (χ4n) is 0.564. The zero-order valence-corrected chi connectivity index (χ0v) is 7.52. The fraction of sp³-hybridized carbons (Fsp3) is 0.400. The first-order valence-electron chi connectivity index (χ1n) is 2.74. The first-order valence-corrected chi connectivity index (χ1v) is 4.30. The molecule has 0 aromatic carbocycles. The third kappa shape index (κ3) is 1.54. The number of nitrogens with two attached hydrogens (primary N) is 1. The van der Waals surface area contributed by atoms with E-state index in [0.717, 1.165) is 9.35 Å². The minimum absolute atomic E-state index is 0.237. The van der Waals surface area contributed by atoms with Crippen LogP contribution in [0.4, 0.5) is 0 Å². The Labute approximate surface area is 71.2 Å². The van der Waals surface area contributed by atoms with Crippen LogP contribution in [0.1, 0.15) is 11.0 Å². The van der Waals surface area contributed by atoms with E-state index in [1.165, 1.54) is 11.5 Å². The van der Waals surface area contributed by atoms with Gasteiger partial charge in [0.05, 0.1) is 15.5 Å². The second kappa shape index (κ2) is 3.43. The number of aliphatic hydroxyl groups excluding tert-OH is 1. The van der Waals surface area contributed by atoms with Crippen molar-refractivity contribution in [3.05, 3.63) is 15.5 Å². The predicted octanol–water partition coefficient (Wildman–Crippen LogP) is 0.898. The lowest BCUT2D eigenvalue weighted by Gasteiger charge is -2.02. The molecular weight excluding hydrogens is 216 g/mol. The van der Waals surface area contributed by atoms with E-state index in [4.69, 9.17) is 5.73 Å². The van der Waals surface area contributed by atoms with Crippen molar-refractivity contribution in [3.63, 3.8) is 0 Å². The van der Waals surface area contributed by atoms with E-state index in [1.54, 1.807) is 6.20 Å². The molecule has 0 aliphatic heterocycles. The molecular formula is C5H7BrN2OS. The highest BCUT2D eigenvalue weighted by atomic mass is 79.9. The molecule has 0 aliphatic rings. The molecule has 10 heavy (non-hydrogen) atoms. The van der Waals surface area contributed by atoms with Gasteiger partial charge < -0.3 is 10.8 Å². The van der Waals surface area contributed by atoms with Crippen molar-refractivity contribution in [1.82, 2.24) is 4.37 Å². The molecule has 1 aromatic rings. The number of halogens is 1. The van der Waals surface area contributed by atoms with E-state index in [0.29, 0.717) is 0 Å². The Morgan fingerprint density at radius 3 is 3.00 bits per heavy atom. The molecule has 0 saturated heterocycles. The van der Waals surface area contributed by atoms with Gasteiger partial charge >= 0.3 is 0 Å². The number of rotatable bonds is 2. The van der Waals surface area contributed by atoms with Gasteiger partial charge in [0.2, 0.25) is 0 Å². The Hall–Kier alpha value is 0.0300. The maximum atomic E-state index is 9.21. The van der Waals surface area contributed by atoms with E-state index in [1.807, 2.05) is 0 Å². The predicted molar refractivity (Wildman–Crippen MR) is 43.8 cm³/mol. The van der Waals surface area contributed by atoms with Crippen molar-refractivity contribution in [2.75, 3.05) is 6.54 Å². The average molecular weight is 223 g/mol. The summed E-state index contributed by atoms with van der Waals surface area (Å²) in [5.41, 5.74) is 5.24. The molecule has 3 N–H and O–H groups in total. The van der Waals surface area contributed by atoms with Gasteiger partial charge in [-0.1, -0.05) is 0 Å². The lowest BCUT2D eigenvalue weighted by molar-refractivity contribution is 0.190. The fourth-order valence-corrected chi connectivity index (χ4v) is 1.91. The second-order valence-corrected chi connectivity index (χ2v) is 3.48. The van der Waals surface area contributed by atoms with Gasteiger partial charge in [-0.05, 0) is 27.5 Å². The smallest absolute Gasteiger partial charge is 0.103 e. The summed E-state index contributed by atoms with van der Waals surface area (Å²) >= 11 is 4.50. The van der Waals surface area contributed by atoms with Crippen LogP contribution in [-0.2, 0) is 0 Å². The van der Waals surface area contributed by atoms with E-state index >= 15 is 0 Å². The Morgan fingerprint density at radius 2 is 2.60 bits per heavy atom. The molecule has 3 nitrogen and oxygen atoms in total. The van der Waals surface area contributed by atoms with E-state index < -0.39 is 6.10 Å². The summed E-state index contributed by atoms with van der Waals surface area (Å²) in [7, 11) is 0. The van der Waals surface area contributed by atoms with Gasteiger partial charge in [-0.2, -0.15) is 4.37 Å². The maximum Gasteiger partial charge on any atom is 0.103 e. The van der Waals surface area contributed by atoms with Crippen LogP contribution in [0.3, 0.4) is 0 Å². The highest BCUT2D eigenvalue weighted by Gasteiger charge is 2.10. The van der Waals surface area contributed by atoms with Crippen molar-refractivity contribution in [2.24, 2.45) is 5.73 Å². The minimum Gasteiger partial charge on any atom is -0.386 e. The number of nitrogens with zero attached hydrogens (tertiary/aromatic N) is 1. The largest absolute Gasteiger partial charge is 0.386 e. The third-order valence-corrected chi connectivity index (χ3v) is 2.87. The molecule has 56 valence electrons. The number of hydrogen-bond donors (Lipinski definition) is 2. The van der Waals surface area contributed by atoms with Crippen LogP contribution in [0.5, 0.6) is 0 Å². The topological polar surface area (TPSA) is 59.1 Å². The molecule has 1 aromatic heterocycles. The Balaban J connectivity index is 2.82. The van der Waals surface area contributed by atoms with Crippen LogP contribution >= 0.6 is 27.5 Å². The molecule has 0 saturated carbocycles. The van der Waals surface area contributed by atoms with Gasteiger partial charge in [0, 0.05) is 6.54 Å². The molecule has 1 rings (SSSR count). The third-order valence-electron chi connectivity index (χ3n) is 1.08. The van der Waals surface area contributed by atoms with Crippen molar-refractivity contribution in [2.45, 2.75) is 6.10 Å². The van der Waals surface area contributed by atoms with Crippen molar-refractivity contribution >= 4 is 27.5 Å². The SMILES string of the molecule is NCC(O)c1sncc1Br. The number of aromatic nitrogens is 1. The zero-order valence-electron chi connectivity index (χ0n) is 5.12. The number of hydrogen-bond acceptors (Lipinski definition) is 4. The highest BCUT2D eigenvalue weighted by molar-refractivity contribution is 9.10. The van der Waals surface area contributed by atoms with Gasteiger partial charge in [0.25, 0.3) is 0 Å². The molecule has 0 fully saturated rings. The van der Waals surface area contributed by atoms with Gasteiger partial charge in [-0.3, -0.25) is 0 Å². The summed E-state index contributed by atoms with van der Waals surface area (Å²) in [5, 5.41) is 9.21. The highest BCUT2D eigenvalue weighted by Crippen LogP contribution is 2.25. The Kier molecular flexibility index (Phi) is 2.79. The van der Waals surface area contributed by atoms with E-state index in [9.17, 15) is 5.11 Å². The Morgan fingerprint density at radius 1 is 1.90 bits per heavy atom. The molecule has 1 unspecified atom stereocenters. The van der Waals surface area contributed by atoms with Crippen LogP contribution in [0.2, 0.25) is 0 Å². The van der Waals surface area contributed by atoms with Crippen LogP contribution in [-0.4, -0.2) is 16.0 Å². The van der Waals surface area contributed by atoms with Gasteiger partial charge in [0.1, 0.15) is 6.10 Å². The normalized spacial score (nSPS) is 13.5. The molecule has 1 heterocycles. The second-order valence-electron chi connectivity index (χ2n) is 1.79. The molecule has 0 radical (unpaired) electrons. The maximum absolute atomic E-state index is 9.21. The lowest BCUT2D eigenvalue weighted by atomic mass is 10.3. The summed E-state index contributed by atoms with van der Waals surface area (Å²) < 4.78 is 4.70. The molecule has 0 amide bonds. The number of aliphatic hydroxyl groups is 1. The zero-order chi connectivity index (χ0) is 7.56. The van der Waals surface area contributed by atoms with Gasteiger partial charge in [-0.15, -0.1) is 0 Å².